The van der Waals surface area contributed by atoms with Crippen molar-refractivity contribution < 1.29 is 14.8 Å². The van der Waals surface area contributed by atoms with Crippen LogP contribution in [0.1, 0.15) is 39.0 Å². The van der Waals surface area contributed by atoms with E-state index >= 15 is 0 Å². The standard InChI is InChI=1S/C14H17N5O6/c1-10-5-3-2-4-8-14(10,19(24)25)16-15-12-7-6-11(17(20)21)9-13(12)18(22)23/h6-7,9-10H,2-5,8H2,1H3/t10-,14-/m1/s1. The number of non-ortho nitro benzene ring substituents is 1. The summed E-state index contributed by atoms with van der Waals surface area (Å²) < 4.78 is 0. The number of nitrogens with zero attached hydrogens (tertiary/aromatic N) is 5. The Morgan fingerprint density at radius 1 is 1.08 bits per heavy atom. The molecule has 2 rings (SSSR count). The third kappa shape index (κ3) is 3.75. The third-order valence-electron chi connectivity index (χ3n) is 4.48. The fraction of sp³-hybridized carbons (Fsp3) is 0.571. The molecular weight excluding hydrogens is 334 g/mol. The van der Waals surface area contributed by atoms with Crippen LogP contribution in [-0.2, 0) is 0 Å². The van der Waals surface area contributed by atoms with Gasteiger partial charge in [-0.25, -0.2) is 0 Å². The van der Waals surface area contributed by atoms with Gasteiger partial charge >= 0.3 is 11.4 Å². The van der Waals surface area contributed by atoms with Gasteiger partial charge in [-0.05, 0) is 18.9 Å². The summed E-state index contributed by atoms with van der Waals surface area (Å²) in [6.07, 6.45) is 3.14. The molecule has 1 aliphatic rings. The van der Waals surface area contributed by atoms with E-state index in [-0.39, 0.29) is 18.0 Å². The lowest BCUT2D eigenvalue weighted by Gasteiger charge is -2.23. The highest BCUT2D eigenvalue weighted by molar-refractivity contribution is 5.61. The van der Waals surface area contributed by atoms with Crippen molar-refractivity contribution in [3.63, 3.8) is 0 Å². The smallest absolute Gasteiger partial charge is 0.262 e. The van der Waals surface area contributed by atoms with Crippen molar-refractivity contribution in [1.82, 2.24) is 0 Å². The second-order valence-corrected chi connectivity index (χ2v) is 6.02. The molecule has 0 bridgehead atoms. The molecule has 25 heavy (non-hydrogen) atoms. The summed E-state index contributed by atoms with van der Waals surface area (Å²) in [6.45, 7) is 1.72. The molecule has 0 radical (unpaired) electrons. The zero-order chi connectivity index (χ0) is 18.6. The van der Waals surface area contributed by atoms with Crippen LogP contribution < -0.4 is 0 Å². The second kappa shape index (κ2) is 7.28. The van der Waals surface area contributed by atoms with E-state index in [0.717, 1.165) is 31.0 Å². The van der Waals surface area contributed by atoms with E-state index in [1.54, 1.807) is 6.92 Å². The molecule has 1 aliphatic carbocycles. The van der Waals surface area contributed by atoms with Gasteiger partial charge in [0.25, 0.3) is 5.69 Å². The number of nitro benzene ring substituents is 2. The van der Waals surface area contributed by atoms with Crippen LogP contribution in [0.2, 0.25) is 0 Å². The van der Waals surface area contributed by atoms with E-state index < -0.39 is 31.8 Å². The van der Waals surface area contributed by atoms with E-state index in [1.807, 2.05) is 0 Å². The molecule has 1 aromatic rings. The first-order valence-electron chi connectivity index (χ1n) is 7.78. The Bertz CT molecular complexity index is 736. The monoisotopic (exact) mass is 351 g/mol. The van der Waals surface area contributed by atoms with E-state index in [1.165, 1.54) is 0 Å². The Morgan fingerprint density at radius 2 is 1.80 bits per heavy atom. The van der Waals surface area contributed by atoms with Crippen molar-refractivity contribution in [2.24, 2.45) is 16.1 Å². The summed E-state index contributed by atoms with van der Waals surface area (Å²) in [5, 5.41) is 41.2. The van der Waals surface area contributed by atoms with E-state index in [0.29, 0.717) is 12.8 Å². The fourth-order valence-corrected chi connectivity index (χ4v) is 2.94. The molecule has 1 fully saturated rings. The first-order valence-corrected chi connectivity index (χ1v) is 7.78. The van der Waals surface area contributed by atoms with Gasteiger partial charge < -0.3 is 0 Å². The van der Waals surface area contributed by atoms with Crippen LogP contribution >= 0.6 is 0 Å². The van der Waals surface area contributed by atoms with Gasteiger partial charge in [-0.1, -0.05) is 19.8 Å². The molecule has 0 aliphatic heterocycles. The molecule has 11 nitrogen and oxygen atoms in total. The zero-order valence-corrected chi connectivity index (χ0v) is 13.5. The van der Waals surface area contributed by atoms with Crippen molar-refractivity contribution in [3.8, 4) is 0 Å². The molecule has 0 N–H and O–H groups in total. The minimum atomic E-state index is -1.63. The topological polar surface area (TPSA) is 154 Å². The second-order valence-electron chi connectivity index (χ2n) is 6.02. The molecule has 0 heterocycles. The summed E-state index contributed by atoms with van der Waals surface area (Å²) in [4.78, 5) is 31.5. The number of azo groups is 1. The molecule has 0 aromatic heterocycles. The molecule has 0 spiro atoms. The molecule has 0 unspecified atom stereocenters. The van der Waals surface area contributed by atoms with Crippen molar-refractivity contribution >= 4 is 17.1 Å². The summed E-state index contributed by atoms with van der Waals surface area (Å²) in [7, 11) is 0. The molecule has 0 saturated heterocycles. The van der Waals surface area contributed by atoms with Crippen molar-refractivity contribution in [2.75, 3.05) is 0 Å². The summed E-state index contributed by atoms with van der Waals surface area (Å²) in [6, 6.07) is 2.90. The summed E-state index contributed by atoms with van der Waals surface area (Å²) >= 11 is 0. The number of hydrogen-bond donors (Lipinski definition) is 0. The Morgan fingerprint density at radius 3 is 2.40 bits per heavy atom. The number of nitro groups is 3. The van der Waals surface area contributed by atoms with Crippen molar-refractivity contribution in [1.29, 1.82) is 0 Å². The number of hydrogen-bond acceptors (Lipinski definition) is 8. The first-order chi connectivity index (χ1) is 11.8. The van der Waals surface area contributed by atoms with Gasteiger partial charge in [0.15, 0.2) is 5.69 Å². The lowest BCUT2D eigenvalue weighted by Crippen LogP contribution is -2.41. The highest BCUT2D eigenvalue weighted by Gasteiger charge is 2.49. The maximum atomic E-state index is 11.7. The molecular formula is C14H17N5O6. The average Bonchev–Trinajstić information content (AvgIpc) is 2.75. The Labute approximate surface area is 142 Å². The summed E-state index contributed by atoms with van der Waals surface area (Å²) in [5.41, 5.74) is -2.95. The zero-order valence-electron chi connectivity index (χ0n) is 13.5. The Hall–Kier alpha value is -2.98. The van der Waals surface area contributed by atoms with Gasteiger partial charge in [-0.3, -0.25) is 30.3 Å². The van der Waals surface area contributed by atoms with E-state index in [2.05, 4.69) is 10.2 Å². The molecule has 0 amide bonds. The van der Waals surface area contributed by atoms with Crippen LogP contribution in [0.5, 0.6) is 0 Å². The highest BCUT2D eigenvalue weighted by atomic mass is 16.6. The van der Waals surface area contributed by atoms with Crippen molar-refractivity contribution in [2.45, 2.75) is 44.7 Å². The molecule has 2 atom stereocenters. The van der Waals surface area contributed by atoms with Crippen LogP contribution in [0.4, 0.5) is 17.1 Å². The van der Waals surface area contributed by atoms with Gasteiger partial charge in [0.2, 0.25) is 0 Å². The lowest BCUT2D eigenvalue weighted by molar-refractivity contribution is -0.581. The lowest BCUT2D eigenvalue weighted by atomic mass is 9.91. The predicted octanol–water partition coefficient (Wildman–Crippen LogP) is 4.16. The Balaban J connectivity index is 2.46. The SMILES string of the molecule is C[C@@H]1CCCCC[C@@]1(N=Nc1ccc([N+](=O)[O-])cc1[N+](=O)[O-])[N+](=O)[O-]. The highest BCUT2D eigenvalue weighted by Crippen LogP contribution is 2.38. The molecule has 11 heteroatoms. The molecule has 1 aromatic carbocycles. The fourth-order valence-electron chi connectivity index (χ4n) is 2.94. The summed E-state index contributed by atoms with van der Waals surface area (Å²) in [5.74, 6) is -0.370. The van der Waals surface area contributed by atoms with E-state index in [9.17, 15) is 30.3 Å². The van der Waals surface area contributed by atoms with Crippen molar-refractivity contribution in [3.05, 3.63) is 48.5 Å². The minimum Gasteiger partial charge on any atom is -0.262 e. The van der Waals surface area contributed by atoms with Crippen LogP contribution in [0.15, 0.2) is 28.4 Å². The Kier molecular flexibility index (Phi) is 5.35. The van der Waals surface area contributed by atoms with Gasteiger partial charge in [-0.2, -0.15) is 0 Å². The van der Waals surface area contributed by atoms with Crippen LogP contribution in [-0.4, -0.2) is 20.4 Å². The largest absolute Gasteiger partial charge is 0.332 e. The number of rotatable bonds is 5. The quantitative estimate of drug-likeness (QED) is 0.335. The van der Waals surface area contributed by atoms with Gasteiger partial charge in [0.05, 0.1) is 26.8 Å². The normalized spacial score (nSPS) is 24.0. The first kappa shape index (κ1) is 18.4. The van der Waals surface area contributed by atoms with Crippen LogP contribution in [0, 0.1) is 36.3 Å². The van der Waals surface area contributed by atoms with Gasteiger partial charge in [0.1, 0.15) is 0 Å². The third-order valence-corrected chi connectivity index (χ3v) is 4.48. The maximum absolute atomic E-state index is 11.7. The average molecular weight is 351 g/mol. The molecule has 134 valence electrons. The number of benzene rings is 1. The minimum absolute atomic E-state index is 0.200. The van der Waals surface area contributed by atoms with Crippen LogP contribution in [0.25, 0.3) is 0 Å². The van der Waals surface area contributed by atoms with E-state index in [4.69, 9.17) is 0 Å². The molecule has 1 saturated carbocycles. The maximum Gasteiger partial charge on any atom is 0.332 e. The van der Waals surface area contributed by atoms with Gasteiger partial charge in [0, 0.05) is 12.5 Å². The van der Waals surface area contributed by atoms with Crippen LogP contribution in [0.3, 0.4) is 0 Å². The van der Waals surface area contributed by atoms with Gasteiger partial charge in [-0.15, -0.1) is 10.2 Å². The predicted molar refractivity (Wildman–Crippen MR) is 86.2 cm³/mol.